The Bertz CT molecular complexity index is 1190. The summed E-state index contributed by atoms with van der Waals surface area (Å²) in [5.74, 6) is -7.33. The van der Waals surface area contributed by atoms with Gasteiger partial charge in [0.25, 0.3) is 5.92 Å². The van der Waals surface area contributed by atoms with Gasteiger partial charge < -0.3 is 15.2 Å². The van der Waals surface area contributed by atoms with Crippen LogP contribution in [0.25, 0.3) is 0 Å². The van der Waals surface area contributed by atoms with Crippen molar-refractivity contribution >= 4 is 29.1 Å². The van der Waals surface area contributed by atoms with Crippen LogP contribution in [0.2, 0.25) is 0 Å². The molecule has 1 aromatic carbocycles. The molecule has 3 heterocycles. The summed E-state index contributed by atoms with van der Waals surface area (Å²) in [4.78, 5) is 33.9. The summed E-state index contributed by atoms with van der Waals surface area (Å²) in [6.07, 6.45) is 0.588. The molecule has 180 valence electrons. The number of carbonyl (C=O) groups excluding carboxylic acids is 1. The number of alkyl halides is 2. The number of nitrogens with one attached hydrogen (secondary N) is 1. The topological polar surface area (TPSA) is 104 Å². The Morgan fingerprint density at radius 3 is 2.74 bits per heavy atom. The average Bonchev–Trinajstić information content (AvgIpc) is 3.40. The lowest BCUT2D eigenvalue weighted by molar-refractivity contribution is -0.142. The Hall–Kier alpha value is -3.32. The number of ether oxygens (including phenoxy) is 1. The molecule has 0 saturated carbocycles. The Kier molecular flexibility index (Phi) is 6.41. The van der Waals surface area contributed by atoms with E-state index in [0.717, 1.165) is 24.1 Å². The Morgan fingerprint density at radius 1 is 1.35 bits per heavy atom. The van der Waals surface area contributed by atoms with Gasteiger partial charge in [0.05, 0.1) is 19.2 Å². The predicted molar refractivity (Wildman–Crippen MR) is 112 cm³/mol. The van der Waals surface area contributed by atoms with Gasteiger partial charge >= 0.3 is 11.9 Å². The molecule has 8 nitrogen and oxygen atoms in total. The molecule has 0 spiro atoms. The fourth-order valence-electron chi connectivity index (χ4n) is 3.96. The number of rotatable bonds is 6. The standard InChI is InChI=1S/C21H18F4N4O4S/c1-33-20(32)15-13(8-29-9-21(24,25)7-14(29)19(30)31)27-17(18-26-4-5-34-18)28-16(15)11-3-2-10(22)6-12(11)23/h2-6,14,16H,7-9H2,1H3,(H,27,28)(H,30,31)/t14-,16-/m0/s1. The Morgan fingerprint density at radius 2 is 2.12 bits per heavy atom. The number of aromatic nitrogens is 1. The zero-order valence-electron chi connectivity index (χ0n) is 17.6. The lowest BCUT2D eigenvalue weighted by Crippen LogP contribution is -2.43. The van der Waals surface area contributed by atoms with Gasteiger partial charge in [-0.1, -0.05) is 6.07 Å². The van der Waals surface area contributed by atoms with Gasteiger partial charge in [0.2, 0.25) is 0 Å². The molecule has 2 atom stereocenters. The number of benzene rings is 1. The number of hydrogen-bond donors (Lipinski definition) is 2. The van der Waals surface area contributed by atoms with Crippen LogP contribution in [0, 0.1) is 11.6 Å². The number of thiazole rings is 1. The van der Waals surface area contributed by atoms with Crippen LogP contribution in [0.1, 0.15) is 23.0 Å². The van der Waals surface area contributed by atoms with Crippen LogP contribution in [0.15, 0.2) is 46.0 Å². The first-order valence-corrected chi connectivity index (χ1v) is 10.8. The molecule has 2 N–H and O–H groups in total. The van der Waals surface area contributed by atoms with Gasteiger partial charge in [0.1, 0.15) is 23.7 Å². The number of carbonyl (C=O) groups is 2. The highest BCUT2D eigenvalue weighted by Crippen LogP contribution is 2.37. The lowest BCUT2D eigenvalue weighted by atomic mass is 9.94. The van der Waals surface area contributed by atoms with E-state index in [1.807, 2.05) is 0 Å². The van der Waals surface area contributed by atoms with E-state index in [1.165, 1.54) is 17.5 Å². The first kappa shape index (κ1) is 23.8. The maximum absolute atomic E-state index is 14.7. The minimum absolute atomic E-state index is 0.00438. The predicted octanol–water partition coefficient (Wildman–Crippen LogP) is 2.73. The average molecular weight is 498 g/mol. The second kappa shape index (κ2) is 9.14. The number of hydrogen-bond acceptors (Lipinski definition) is 8. The van der Waals surface area contributed by atoms with Crippen molar-refractivity contribution in [3.05, 3.63) is 63.3 Å². The number of carboxylic acids is 1. The van der Waals surface area contributed by atoms with Gasteiger partial charge in [0, 0.05) is 41.9 Å². The SMILES string of the molecule is COC(=O)C1=C(CN2CC(F)(F)C[C@H]2C(=O)O)NC(c2nccs2)=N[C@H]1c1ccc(F)cc1F. The number of carboxylic acid groups (broad SMARTS) is 1. The molecular weight excluding hydrogens is 480 g/mol. The van der Waals surface area contributed by atoms with Crippen LogP contribution in [0.5, 0.6) is 0 Å². The minimum Gasteiger partial charge on any atom is -0.480 e. The van der Waals surface area contributed by atoms with Crippen molar-refractivity contribution in [3.63, 3.8) is 0 Å². The van der Waals surface area contributed by atoms with Gasteiger partial charge in [-0.25, -0.2) is 27.3 Å². The highest BCUT2D eigenvalue weighted by molar-refractivity contribution is 7.11. The zero-order chi connectivity index (χ0) is 24.6. The monoisotopic (exact) mass is 498 g/mol. The molecule has 2 aromatic rings. The lowest BCUT2D eigenvalue weighted by Gasteiger charge is -2.30. The first-order chi connectivity index (χ1) is 16.1. The molecule has 0 unspecified atom stereocenters. The van der Waals surface area contributed by atoms with Crippen LogP contribution in [-0.2, 0) is 14.3 Å². The maximum atomic E-state index is 14.7. The van der Waals surface area contributed by atoms with E-state index in [4.69, 9.17) is 4.74 Å². The molecule has 2 aliphatic heterocycles. The summed E-state index contributed by atoms with van der Waals surface area (Å²) >= 11 is 1.17. The number of aliphatic imine (C=N–C) groups is 1. The van der Waals surface area contributed by atoms with Crippen LogP contribution in [0.3, 0.4) is 0 Å². The summed E-state index contributed by atoms with van der Waals surface area (Å²) in [6, 6.07) is -0.0871. The summed E-state index contributed by atoms with van der Waals surface area (Å²) in [7, 11) is 1.08. The third-order valence-corrected chi connectivity index (χ3v) is 6.22. The van der Waals surface area contributed by atoms with E-state index in [-0.39, 0.29) is 22.7 Å². The normalized spacial score (nSPS) is 22.3. The van der Waals surface area contributed by atoms with Gasteiger partial charge in [-0.05, 0) is 6.07 Å². The van der Waals surface area contributed by atoms with Crippen LogP contribution < -0.4 is 5.32 Å². The van der Waals surface area contributed by atoms with E-state index >= 15 is 0 Å². The zero-order valence-corrected chi connectivity index (χ0v) is 18.4. The van der Waals surface area contributed by atoms with E-state index in [2.05, 4.69) is 15.3 Å². The molecule has 0 aliphatic carbocycles. The van der Waals surface area contributed by atoms with Crippen molar-refractivity contribution in [1.29, 1.82) is 0 Å². The molecular formula is C21H18F4N4O4S. The molecule has 13 heteroatoms. The number of halogens is 4. The molecule has 2 aliphatic rings. The third kappa shape index (κ3) is 4.66. The molecule has 1 saturated heterocycles. The number of methoxy groups -OCH3 is 1. The largest absolute Gasteiger partial charge is 0.480 e. The second-order valence-electron chi connectivity index (χ2n) is 7.71. The Labute approximate surface area is 194 Å². The number of esters is 1. The van der Waals surface area contributed by atoms with Crippen LogP contribution in [0.4, 0.5) is 17.6 Å². The van der Waals surface area contributed by atoms with Crippen molar-refractivity contribution in [3.8, 4) is 0 Å². The molecule has 34 heavy (non-hydrogen) atoms. The minimum atomic E-state index is -3.25. The maximum Gasteiger partial charge on any atom is 0.338 e. The third-order valence-electron chi connectivity index (χ3n) is 5.44. The second-order valence-corrected chi connectivity index (χ2v) is 8.61. The van der Waals surface area contributed by atoms with Gasteiger partial charge in [-0.15, -0.1) is 11.3 Å². The summed E-state index contributed by atoms with van der Waals surface area (Å²) in [5.41, 5.74) is -0.367. The highest BCUT2D eigenvalue weighted by Gasteiger charge is 2.49. The van der Waals surface area contributed by atoms with E-state index < -0.39 is 61.1 Å². The van der Waals surface area contributed by atoms with Crippen molar-refractivity contribution < 1.29 is 37.0 Å². The number of likely N-dealkylation sites (tertiary alicyclic amines) is 1. The van der Waals surface area contributed by atoms with E-state index in [1.54, 1.807) is 5.38 Å². The number of aliphatic carboxylic acids is 1. The fourth-order valence-corrected chi connectivity index (χ4v) is 4.55. The van der Waals surface area contributed by atoms with Crippen LogP contribution in [-0.4, -0.2) is 64.9 Å². The van der Waals surface area contributed by atoms with Crippen molar-refractivity contribution in [2.75, 3.05) is 20.2 Å². The molecule has 1 aromatic heterocycles. The molecule has 1 fully saturated rings. The van der Waals surface area contributed by atoms with Crippen LogP contribution >= 0.6 is 11.3 Å². The summed E-state index contributed by atoms with van der Waals surface area (Å²) in [6.45, 7) is -1.27. The number of amidine groups is 1. The molecule has 0 bridgehead atoms. The van der Waals surface area contributed by atoms with Crippen molar-refractivity contribution in [2.24, 2.45) is 4.99 Å². The molecule has 0 radical (unpaired) electrons. The van der Waals surface area contributed by atoms with E-state index in [0.29, 0.717) is 11.1 Å². The first-order valence-electron chi connectivity index (χ1n) is 9.95. The fraction of sp³-hybridized carbons (Fsp3) is 0.333. The molecule has 4 rings (SSSR count). The summed E-state index contributed by atoms with van der Waals surface area (Å²) < 4.78 is 61.3. The van der Waals surface area contributed by atoms with E-state index in [9.17, 15) is 32.3 Å². The smallest absolute Gasteiger partial charge is 0.338 e. The highest BCUT2D eigenvalue weighted by atomic mass is 32.1. The van der Waals surface area contributed by atoms with Gasteiger partial charge in [-0.3, -0.25) is 14.7 Å². The van der Waals surface area contributed by atoms with Gasteiger partial charge in [0.15, 0.2) is 10.8 Å². The summed E-state index contributed by atoms with van der Waals surface area (Å²) in [5, 5.41) is 14.3. The molecule has 0 amide bonds. The number of nitrogens with zero attached hydrogens (tertiary/aromatic N) is 3. The van der Waals surface area contributed by atoms with Crippen molar-refractivity contribution in [2.45, 2.75) is 24.4 Å². The van der Waals surface area contributed by atoms with Gasteiger partial charge in [-0.2, -0.15) is 0 Å². The quantitative estimate of drug-likeness (QED) is 0.466. The Balaban J connectivity index is 1.84. The van der Waals surface area contributed by atoms with Crippen molar-refractivity contribution in [1.82, 2.24) is 15.2 Å².